The lowest BCUT2D eigenvalue weighted by molar-refractivity contribution is -0.132. The van der Waals surface area contributed by atoms with Crippen molar-refractivity contribution in [1.82, 2.24) is 0 Å². The first kappa shape index (κ1) is 16.7. The predicted octanol–water partition coefficient (Wildman–Crippen LogP) is 5.17. The summed E-state index contributed by atoms with van der Waals surface area (Å²) in [5.74, 6) is -0.816. The van der Waals surface area contributed by atoms with Crippen LogP contribution in [0.2, 0.25) is 0 Å². The van der Waals surface area contributed by atoms with Crippen molar-refractivity contribution in [2.24, 2.45) is 0 Å². The van der Waals surface area contributed by atoms with Crippen LogP contribution in [0.3, 0.4) is 0 Å². The molecule has 110 valence electrons. The van der Waals surface area contributed by atoms with E-state index in [1.165, 1.54) is 11.1 Å². The van der Waals surface area contributed by atoms with Crippen LogP contribution >= 0.6 is 0 Å². The van der Waals surface area contributed by atoms with Gasteiger partial charge in [0.1, 0.15) is 0 Å². The fraction of sp³-hybridized carbons (Fsp3) is 0.211. The second-order valence-electron chi connectivity index (χ2n) is 4.71. The van der Waals surface area contributed by atoms with Crippen LogP contribution in [0.4, 0.5) is 0 Å². The van der Waals surface area contributed by atoms with E-state index in [1.54, 1.807) is 13.0 Å². The minimum absolute atomic E-state index is 0.442. The third-order valence-corrected chi connectivity index (χ3v) is 2.96. The minimum Gasteiger partial charge on any atom is -0.478 e. The zero-order valence-electron chi connectivity index (χ0n) is 12.6. The van der Waals surface area contributed by atoms with E-state index in [1.807, 2.05) is 19.1 Å². The largest absolute Gasteiger partial charge is 0.478 e. The maximum atomic E-state index is 10.1. The molecule has 0 amide bonds. The van der Waals surface area contributed by atoms with Gasteiger partial charge in [0.05, 0.1) is 0 Å². The van der Waals surface area contributed by atoms with E-state index in [9.17, 15) is 4.79 Å². The van der Waals surface area contributed by atoms with Gasteiger partial charge in [0.25, 0.3) is 0 Å². The van der Waals surface area contributed by atoms with Gasteiger partial charge in [0.2, 0.25) is 0 Å². The van der Waals surface area contributed by atoms with E-state index >= 15 is 0 Å². The van der Waals surface area contributed by atoms with Gasteiger partial charge in [-0.1, -0.05) is 80.1 Å². The molecule has 2 aromatic carbocycles. The van der Waals surface area contributed by atoms with Gasteiger partial charge in [0.15, 0.2) is 0 Å². The first-order chi connectivity index (χ1) is 10.1. The lowest BCUT2D eigenvalue weighted by Gasteiger charge is -1.98. The van der Waals surface area contributed by atoms with Gasteiger partial charge in [-0.05, 0) is 24.5 Å². The fourth-order valence-electron chi connectivity index (χ4n) is 1.71. The molecule has 0 radical (unpaired) electrons. The molecular formula is C19H22O2. The molecule has 21 heavy (non-hydrogen) atoms. The number of carboxylic acids is 1. The van der Waals surface area contributed by atoms with Gasteiger partial charge < -0.3 is 5.11 Å². The number of unbranched alkanes of at least 4 members (excludes halogenated alkanes) is 1. The molecule has 0 saturated heterocycles. The molecule has 0 spiro atoms. The van der Waals surface area contributed by atoms with Gasteiger partial charge in [-0.2, -0.15) is 0 Å². The first-order valence-electron chi connectivity index (χ1n) is 7.15. The summed E-state index contributed by atoms with van der Waals surface area (Å²) in [7, 11) is 0. The van der Waals surface area contributed by atoms with Crippen LogP contribution in [0.1, 0.15) is 26.7 Å². The summed E-state index contributed by atoms with van der Waals surface area (Å²) in [6.45, 7) is 3.63. The summed E-state index contributed by atoms with van der Waals surface area (Å²) in [5.41, 5.74) is 2.99. The number of rotatable bonds is 4. The molecule has 0 aliphatic carbocycles. The Morgan fingerprint density at radius 1 is 0.952 bits per heavy atom. The molecule has 2 heteroatoms. The number of benzene rings is 2. The zero-order chi connectivity index (χ0) is 15.5. The van der Waals surface area contributed by atoms with Crippen LogP contribution in [0.15, 0.2) is 72.3 Å². The molecule has 2 aromatic rings. The average molecular weight is 282 g/mol. The van der Waals surface area contributed by atoms with Crippen molar-refractivity contribution < 1.29 is 9.90 Å². The minimum atomic E-state index is -0.816. The second-order valence-corrected chi connectivity index (χ2v) is 4.71. The summed E-state index contributed by atoms with van der Waals surface area (Å²) in [5, 5.41) is 8.34. The maximum absolute atomic E-state index is 10.1. The van der Waals surface area contributed by atoms with E-state index in [2.05, 4.69) is 48.5 Å². The number of carbonyl (C=O) groups is 1. The van der Waals surface area contributed by atoms with Crippen molar-refractivity contribution in [3.8, 4) is 11.1 Å². The topological polar surface area (TPSA) is 37.3 Å². The third-order valence-electron chi connectivity index (χ3n) is 2.96. The van der Waals surface area contributed by atoms with Crippen LogP contribution < -0.4 is 0 Å². The first-order valence-corrected chi connectivity index (χ1v) is 7.15. The van der Waals surface area contributed by atoms with Gasteiger partial charge in [-0.15, -0.1) is 0 Å². The monoisotopic (exact) mass is 282 g/mol. The van der Waals surface area contributed by atoms with Crippen molar-refractivity contribution in [3.63, 3.8) is 0 Å². The summed E-state index contributed by atoms with van der Waals surface area (Å²) in [6, 6.07) is 20.8. The van der Waals surface area contributed by atoms with Crippen LogP contribution in [0.25, 0.3) is 11.1 Å². The summed E-state index contributed by atoms with van der Waals surface area (Å²) in [6.07, 6.45) is 3.60. The molecule has 0 fully saturated rings. The van der Waals surface area contributed by atoms with Crippen LogP contribution in [0, 0.1) is 0 Å². The second kappa shape index (κ2) is 9.54. The molecule has 0 unspecified atom stereocenters. The summed E-state index contributed by atoms with van der Waals surface area (Å²) < 4.78 is 0. The van der Waals surface area contributed by atoms with E-state index in [-0.39, 0.29) is 0 Å². The van der Waals surface area contributed by atoms with Crippen molar-refractivity contribution >= 4 is 5.97 Å². The Labute approximate surface area is 126 Å². The van der Waals surface area contributed by atoms with Crippen LogP contribution in [0.5, 0.6) is 0 Å². The van der Waals surface area contributed by atoms with Crippen molar-refractivity contribution in [1.29, 1.82) is 0 Å². The lowest BCUT2D eigenvalue weighted by Crippen LogP contribution is -1.95. The zero-order valence-corrected chi connectivity index (χ0v) is 12.6. The highest BCUT2D eigenvalue weighted by molar-refractivity contribution is 5.85. The number of hydrogen-bond acceptors (Lipinski definition) is 1. The number of aliphatic carboxylic acids is 1. The Kier molecular flexibility index (Phi) is 7.59. The van der Waals surface area contributed by atoms with Crippen molar-refractivity contribution in [2.75, 3.05) is 0 Å². The quantitative estimate of drug-likeness (QED) is 0.785. The predicted molar refractivity (Wildman–Crippen MR) is 88.2 cm³/mol. The van der Waals surface area contributed by atoms with Gasteiger partial charge in [-0.3, -0.25) is 0 Å². The molecule has 2 rings (SSSR count). The smallest absolute Gasteiger partial charge is 0.330 e. The number of carboxylic acid groups (broad SMARTS) is 1. The Morgan fingerprint density at radius 3 is 1.71 bits per heavy atom. The fourth-order valence-corrected chi connectivity index (χ4v) is 1.71. The van der Waals surface area contributed by atoms with Gasteiger partial charge in [0, 0.05) is 5.57 Å². The molecule has 0 aliphatic heterocycles. The van der Waals surface area contributed by atoms with Crippen molar-refractivity contribution in [3.05, 3.63) is 72.3 Å². The standard InChI is InChI=1S/C12H10.C7H12O2/c1-3-7-11(8-4-1)12-9-5-2-6-10-12;1-3-4-5-6(2)7(8)9/h1-10H;5H,3-4H2,1-2H3,(H,8,9). The molecule has 0 bridgehead atoms. The molecule has 0 atom stereocenters. The van der Waals surface area contributed by atoms with Crippen LogP contribution in [-0.2, 0) is 4.79 Å². The molecule has 2 nitrogen and oxygen atoms in total. The third kappa shape index (κ3) is 6.57. The Morgan fingerprint density at radius 2 is 1.38 bits per heavy atom. The molecule has 0 aromatic heterocycles. The molecule has 1 N–H and O–H groups in total. The highest BCUT2D eigenvalue weighted by Crippen LogP contribution is 2.17. The Bertz CT molecular complexity index is 519. The van der Waals surface area contributed by atoms with E-state index in [4.69, 9.17) is 5.11 Å². The Balaban J connectivity index is 0.000000222. The summed E-state index contributed by atoms with van der Waals surface area (Å²) >= 11 is 0. The normalized spacial score (nSPS) is 10.5. The van der Waals surface area contributed by atoms with Gasteiger partial charge >= 0.3 is 5.97 Å². The Hall–Kier alpha value is -2.35. The molecule has 0 heterocycles. The maximum Gasteiger partial charge on any atom is 0.330 e. The number of hydrogen-bond donors (Lipinski definition) is 1. The van der Waals surface area contributed by atoms with E-state index < -0.39 is 5.97 Å². The van der Waals surface area contributed by atoms with Crippen molar-refractivity contribution in [2.45, 2.75) is 26.7 Å². The number of allylic oxidation sites excluding steroid dienone is 1. The molecule has 0 aliphatic rings. The van der Waals surface area contributed by atoms with E-state index in [0.717, 1.165) is 12.8 Å². The highest BCUT2D eigenvalue weighted by atomic mass is 16.4. The van der Waals surface area contributed by atoms with E-state index in [0.29, 0.717) is 5.57 Å². The molecule has 0 saturated carbocycles. The average Bonchev–Trinajstić information content (AvgIpc) is 2.54. The summed E-state index contributed by atoms with van der Waals surface area (Å²) in [4.78, 5) is 10.1. The SMILES string of the molecule is CCCC=C(C)C(=O)O.c1ccc(-c2ccccc2)cc1. The highest BCUT2D eigenvalue weighted by Gasteiger charge is 1.96. The van der Waals surface area contributed by atoms with Crippen LogP contribution in [-0.4, -0.2) is 11.1 Å². The molecular weight excluding hydrogens is 260 g/mol. The lowest BCUT2D eigenvalue weighted by atomic mass is 10.1. The van der Waals surface area contributed by atoms with Gasteiger partial charge in [-0.25, -0.2) is 4.79 Å².